The van der Waals surface area contributed by atoms with Crippen molar-refractivity contribution in [2.24, 2.45) is 5.92 Å². The van der Waals surface area contributed by atoms with Crippen LogP contribution in [-0.4, -0.2) is 34.4 Å². The maximum absolute atomic E-state index is 9.59. The molecule has 0 amide bonds. The molecule has 1 saturated heterocycles. The number of nitrogens with zero attached hydrogens (tertiary/aromatic N) is 2. The number of aromatic nitrogens is 2. The summed E-state index contributed by atoms with van der Waals surface area (Å²) in [7, 11) is 0. The van der Waals surface area contributed by atoms with Crippen LogP contribution in [-0.2, 0) is 0 Å². The van der Waals surface area contributed by atoms with E-state index in [4.69, 9.17) is 0 Å². The lowest BCUT2D eigenvalue weighted by atomic mass is 9.93. The van der Waals surface area contributed by atoms with Crippen molar-refractivity contribution in [2.75, 3.05) is 19.7 Å². The second-order valence-corrected chi connectivity index (χ2v) is 5.52. The molecular formula is C15H23Cl2N3O. The molecular weight excluding hydrogens is 309 g/mol. The van der Waals surface area contributed by atoms with Crippen molar-refractivity contribution < 1.29 is 5.11 Å². The van der Waals surface area contributed by atoms with E-state index >= 15 is 0 Å². The highest BCUT2D eigenvalue weighted by Gasteiger charge is 2.28. The Bertz CT molecular complexity index is 600. The molecule has 0 spiro atoms. The topological polar surface area (TPSA) is 50.1 Å². The van der Waals surface area contributed by atoms with Crippen molar-refractivity contribution >= 4 is 35.8 Å². The largest absolute Gasteiger partial charge is 0.396 e. The molecule has 2 atom stereocenters. The van der Waals surface area contributed by atoms with Crippen LogP contribution in [0.4, 0.5) is 0 Å². The molecule has 1 aromatic heterocycles. The average Bonchev–Trinajstić information content (AvgIpc) is 2.73. The molecule has 1 fully saturated rings. The third-order valence-corrected chi connectivity index (χ3v) is 4.16. The van der Waals surface area contributed by atoms with Crippen molar-refractivity contribution in [1.82, 2.24) is 14.9 Å². The zero-order chi connectivity index (χ0) is 13.4. The van der Waals surface area contributed by atoms with Crippen LogP contribution in [0.25, 0.3) is 11.0 Å². The Labute approximate surface area is 137 Å². The van der Waals surface area contributed by atoms with Crippen LogP contribution in [0.3, 0.4) is 0 Å². The summed E-state index contributed by atoms with van der Waals surface area (Å²) in [6.45, 7) is 6.27. The third kappa shape index (κ3) is 3.34. The SMILES string of the molecule is Cc1ccc2c(c1)nc(C)n2[C@@H]1CCNC[C@@H]1CO.Cl.Cl. The van der Waals surface area contributed by atoms with Gasteiger partial charge in [-0.25, -0.2) is 4.98 Å². The fraction of sp³-hybridized carbons (Fsp3) is 0.533. The predicted molar refractivity (Wildman–Crippen MR) is 90.8 cm³/mol. The molecule has 4 nitrogen and oxygen atoms in total. The Morgan fingerprint density at radius 1 is 1.33 bits per heavy atom. The first-order valence-corrected chi connectivity index (χ1v) is 6.97. The van der Waals surface area contributed by atoms with Gasteiger partial charge >= 0.3 is 0 Å². The Hall–Kier alpha value is -0.810. The summed E-state index contributed by atoms with van der Waals surface area (Å²) in [5, 5.41) is 13.0. The van der Waals surface area contributed by atoms with Crippen molar-refractivity contribution in [3.05, 3.63) is 29.6 Å². The van der Waals surface area contributed by atoms with Crippen molar-refractivity contribution in [2.45, 2.75) is 26.3 Å². The van der Waals surface area contributed by atoms with Gasteiger partial charge in [-0.3, -0.25) is 0 Å². The second-order valence-electron chi connectivity index (χ2n) is 5.52. The number of aliphatic hydroxyl groups is 1. The van der Waals surface area contributed by atoms with E-state index in [1.807, 2.05) is 0 Å². The van der Waals surface area contributed by atoms with Gasteiger partial charge in [0.15, 0.2) is 0 Å². The van der Waals surface area contributed by atoms with Crippen LogP contribution in [0.1, 0.15) is 23.9 Å². The quantitative estimate of drug-likeness (QED) is 0.889. The van der Waals surface area contributed by atoms with E-state index in [9.17, 15) is 5.11 Å². The Balaban J connectivity index is 0.00000110. The number of hydrogen-bond donors (Lipinski definition) is 2. The zero-order valence-electron chi connectivity index (χ0n) is 12.4. The van der Waals surface area contributed by atoms with E-state index in [0.717, 1.165) is 30.9 Å². The Morgan fingerprint density at radius 3 is 2.81 bits per heavy atom. The van der Waals surface area contributed by atoms with Gasteiger partial charge in [-0.05, 0) is 44.5 Å². The molecule has 3 rings (SSSR count). The number of aliphatic hydroxyl groups excluding tert-OH is 1. The van der Waals surface area contributed by atoms with Gasteiger partial charge in [-0.2, -0.15) is 0 Å². The van der Waals surface area contributed by atoms with Crippen LogP contribution in [0, 0.1) is 19.8 Å². The van der Waals surface area contributed by atoms with Crippen molar-refractivity contribution in [1.29, 1.82) is 0 Å². The van der Waals surface area contributed by atoms with Gasteiger partial charge in [0.25, 0.3) is 0 Å². The van der Waals surface area contributed by atoms with Gasteiger partial charge in [-0.15, -0.1) is 24.8 Å². The van der Waals surface area contributed by atoms with Crippen LogP contribution in [0.5, 0.6) is 0 Å². The first-order chi connectivity index (χ1) is 9.20. The molecule has 1 aliphatic heterocycles. The van der Waals surface area contributed by atoms with Gasteiger partial charge in [0, 0.05) is 25.1 Å². The summed E-state index contributed by atoms with van der Waals surface area (Å²) < 4.78 is 2.32. The van der Waals surface area contributed by atoms with Crippen LogP contribution >= 0.6 is 24.8 Å². The normalized spacial score (nSPS) is 21.7. The highest BCUT2D eigenvalue weighted by atomic mass is 35.5. The number of nitrogens with one attached hydrogen (secondary N) is 1. The molecule has 1 aliphatic rings. The lowest BCUT2D eigenvalue weighted by Gasteiger charge is -2.33. The van der Waals surface area contributed by atoms with E-state index in [2.05, 4.69) is 46.9 Å². The summed E-state index contributed by atoms with van der Waals surface area (Å²) in [5.74, 6) is 1.32. The van der Waals surface area contributed by atoms with Gasteiger partial charge in [0.2, 0.25) is 0 Å². The molecule has 2 aromatic rings. The molecule has 2 heterocycles. The van der Waals surface area contributed by atoms with E-state index < -0.39 is 0 Å². The van der Waals surface area contributed by atoms with Gasteiger partial charge in [0.1, 0.15) is 5.82 Å². The maximum atomic E-state index is 9.59. The summed E-state index contributed by atoms with van der Waals surface area (Å²) in [5.41, 5.74) is 3.49. The number of benzene rings is 1. The Morgan fingerprint density at radius 2 is 2.10 bits per heavy atom. The fourth-order valence-corrected chi connectivity index (χ4v) is 3.18. The summed E-state index contributed by atoms with van der Waals surface area (Å²) in [6.07, 6.45) is 1.05. The highest BCUT2D eigenvalue weighted by Crippen LogP contribution is 2.30. The maximum Gasteiger partial charge on any atom is 0.106 e. The molecule has 0 bridgehead atoms. The summed E-state index contributed by atoms with van der Waals surface area (Å²) in [4.78, 5) is 4.68. The fourth-order valence-electron chi connectivity index (χ4n) is 3.18. The first-order valence-electron chi connectivity index (χ1n) is 6.97. The highest BCUT2D eigenvalue weighted by molar-refractivity contribution is 5.85. The van der Waals surface area contributed by atoms with E-state index in [-0.39, 0.29) is 37.3 Å². The molecule has 0 radical (unpaired) electrons. The van der Waals surface area contributed by atoms with Crippen LogP contribution in [0.2, 0.25) is 0 Å². The minimum Gasteiger partial charge on any atom is -0.396 e. The van der Waals surface area contributed by atoms with Crippen LogP contribution < -0.4 is 5.32 Å². The number of imidazole rings is 1. The number of aryl methyl sites for hydroxylation is 2. The zero-order valence-corrected chi connectivity index (χ0v) is 14.0. The molecule has 21 heavy (non-hydrogen) atoms. The second kappa shape index (κ2) is 7.45. The minimum absolute atomic E-state index is 0. The molecule has 6 heteroatoms. The monoisotopic (exact) mass is 331 g/mol. The smallest absolute Gasteiger partial charge is 0.106 e. The Kier molecular flexibility index (Phi) is 6.47. The lowest BCUT2D eigenvalue weighted by Crippen LogP contribution is -2.39. The molecule has 0 unspecified atom stereocenters. The lowest BCUT2D eigenvalue weighted by molar-refractivity contribution is 0.150. The van der Waals surface area contributed by atoms with E-state index in [1.165, 1.54) is 11.1 Å². The number of halogens is 2. The number of piperidine rings is 1. The summed E-state index contributed by atoms with van der Waals surface area (Å²) >= 11 is 0. The standard InChI is InChI=1S/C15H21N3O.2ClH/c1-10-3-4-15-13(7-10)17-11(2)18(15)14-5-6-16-8-12(14)9-19;;/h3-4,7,12,14,16,19H,5-6,8-9H2,1-2H3;2*1H/t12-,14-;;/m1../s1. The van der Waals surface area contributed by atoms with E-state index in [1.54, 1.807) is 0 Å². The third-order valence-electron chi connectivity index (χ3n) is 4.16. The van der Waals surface area contributed by atoms with Crippen LogP contribution in [0.15, 0.2) is 18.2 Å². The number of fused-ring (bicyclic) bond motifs is 1. The molecule has 1 aromatic carbocycles. The molecule has 2 N–H and O–H groups in total. The molecule has 118 valence electrons. The van der Waals surface area contributed by atoms with Gasteiger partial charge in [0.05, 0.1) is 11.0 Å². The molecule has 0 saturated carbocycles. The van der Waals surface area contributed by atoms with Crippen molar-refractivity contribution in [3.8, 4) is 0 Å². The minimum atomic E-state index is 0. The van der Waals surface area contributed by atoms with E-state index in [0.29, 0.717) is 6.04 Å². The average molecular weight is 332 g/mol. The van der Waals surface area contributed by atoms with Gasteiger partial charge < -0.3 is 15.0 Å². The first kappa shape index (κ1) is 18.2. The van der Waals surface area contributed by atoms with Gasteiger partial charge in [-0.1, -0.05) is 6.07 Å². The number of hydrogen-bond acceptors (Lipinski definition) is 3. The summed E-state index contributed by atoms with van der Waals surface area (Å²) in [6, 6.07) is 6.77. The number of rotatable bonds is 2. The van der Waals surface area contributed by atoms with Crippen molar-refractivity contribution in [3.63, 3.8) is 0 Å². The predicted octanol–water partition coefficient (Wildman–Crippen LogP) is 2.64. The molecule has 0 aliphatic carbocycles.